The molecule has 0 unspecified atom stereocenters. The van der Waals surface area contributed by atoms with E-state index in [1.165, 1.54) is 0 Å². The molecule has 0 aliphatic carbocycles. The Balaban J connectivity index is 4.31. The first-order valence-corrected chi connectivity index (χ1v) is 17.0. The average Bonchev–Trinajstić information content (AvgIpc) is 2.99. The van der Waals surface area contributed by atoms with E-state index in [-0.39, 0.29) is 37.7 Å². The minimum atomic E-state index is -0.183. The van der Waals surface area contributed by atoms with Crippen LogP contribution in [-0.2, 0) is 28.6 Å². The van der Waals surface area contributed by atoms with Gasteiger partial charge in [-0.2, -0.15) is 0 Å². The minimum Gasteiger partial charge on any atom is -0.464 e. The van der Waals surface area contributed by atoms with Gasteiger partial charge in [-0.15, -0.1) is 19.7 Å². The summed E-state index contributed by atoms with van der Waals surface area (Å²) in [6, 6.07) is 0. The third-order valence-corrected chi connectivity index (χ3v) is 7.38. The number of carbonyl (C=O) groups excluding carboxylic acids is 3. The maximum absolute atomic E-state index is 12.2. The number of unbranched alkanes of at least 4 members (excludes halogenated alkanes) is 15. The van der Waals surface area contributed by atoms with Crippen LogP contribution in [-0.4, -0.2) is 62.3 Å². The lowest BCUT2D eigenvalue weighted by Gasteiger charge is -2.22. The summed E-state index contributed by atoms with van der Waals surface area (Å²) in [6.45, 7) is 13.5. The third-order valence-electron chi connectivity index (χ3n) is 7.38. The van der Waals surface area contributed by atoms with Crippen molar-refractivity contribution in [1.82, 2.24) is 4.90 Å². The normalized spacial score (nSPS) is 10.8. The van der Waals surface area contributed by atoms with Gasteiger partial charge < -0.3 is 14.2 Å². The molecule has 0 radical (unpaired) electrons. The second-order valence-corrected chi connectivity index (χ2v) is 11.3. The molecule has 0 aliphatic rings. The Labute approximate surface area is 263 Å². The first-order chi connectivity index (χ1) is 21.0. The van der Waals surface area contributed by atoms with E-state index in [1.54, 1.807) is 0 Å². The van der Waals surface area contributed by atoms with Gasteiger partial charge in [0, 0.05) is 38.9 Å². The number of allylic oxidation sites excluding steroid dienone is 3. The fourth-order valence-electron chi connectivity index (χ4n) is 4.68. The zero-order valence-corrected chi connectivity index (χ0v) is 27.3. The van der Waals surface area contributed by atoms with Crippen LogP contribution >= 0.6 is 0 Å². The Bertz CT molecular complexity index is 627. The molecule has 7 heteroatoms. The number of hydrogen-bond acceptors (Lipinski definition) is 7. The average molecular weight is 606 g/mol. The molecule has 0 aromatic heterocycles. The molecular formula is C36H63NO6. The predicted octanol–water partition coefficient (Wildman–Crippen LogP) is 8.67. The molecule has 248 valence electrons. The predicted molar refractivity (Wildman–Crippen MR) is 177 cm³/mol. The van der Waals surface area contributed by atoms with Crippen molar-refractivity contribution >= 4 is 17.9 Å². The molecule has 0 bridgehead atoms. The molecule has 7 nitrogen and oxygen atoms in total. The van der Waals surface area contributed by atoms with E-state index in [2.05, 4.69) is 19.7 Å². The lowest BCUT2D eigenvalue weighted by atomic mass is 10.1. The van der Waals surface area contributed by atoms with Crippen LogP contribution in [0, 0.1) is 0 Å². The quantitative estimate of drug-likeness (QED) is 0.0320. The van der Waals surface area contributed by atoms with Gasteiger partial charge in [0.25, 0.3) is 0 Å². The number of hydrogen-bond donors (Lipinski definition) is 0. The first-order valence-electron chi connectivity index (χ1n) is 17.0. The van der Waals surface area contributed by atoms with Crippen molar-refractivity contribution in [2.45, 2.75) is 135 Å². The van der Waals surface area contributed by atoms with E-state index in [4.69, 9.17) is 14.2 Å². The Morgan fingerprint density at radius 3 is 0.953 bits per heavy atom. The maximum atomic E-state index is 12.2. The van der Waals surface area contributed by atoms with Crippen molar-refractivity contribution < 1.29 is 28.6 Å². The zero-order valence-electron chi connectivity index (χ0n) is 27.3. The van der Waals surface area contributed by atoms with Crippen molar-refractivity contribution in [3.63, 3.8) is 0 Å². The Morgan fingerprint density at radius 1 is 0.419 bits per heavy atom. The lowest BCUT2D eigenvalue weighted by Crippen LogP contribution is -2.35. The standard InChI is InChI=1S/C36H63NO6/c1-4-7-10-13-16-19-22-25-34(38)41-31-28-37(29-32-42-35(39)26-23-20-17-14-11-8-5-2)30-33-43-36(40)27-24-21-18-15-12-9-6-3/h4-6H,1-3,7-33H2. The second kappa shape index (κ2) is 32.5. The van der Waals surface area contributed by atoms with Crippen LogP contribution in [0.15, 0.2) is 38.0 Å². The van der Waals surface area contributed by atoms with Crippen LogP contribution in [0.1, 0.15) is 135 Å². The molecule has 0 N–H and O–H groups in total. The molecule has 0 fully saturated rings. The minimum absolute atomic E-state index is 0.183. The monoisotopic (exact) mass is 605 g/mol. The Kier molecular flexibility index (Phi) is 30.7. The van der Waals surface area contributed by atoms with Crippen LogP contribution in [0.5, 0.6) is 0 Å². The fraction of sp³-hybridized carbons (Fsp3) is 0.750. The van der Waals surface area contributed by atoms with Gasteiger partial charge in [-0.25, -0.2) is 0 Å². The molecule has 0 aromatic carbocycles. The summed E-state index contributed by atoms with van der Waals surface area (Å²) in [5, 5.41) is 0. The summed E-state index contributed by atoms with van der Waals surface area (Å²) in [7, 11) is 0. The van der Waals surface area contributed by atoms with E-state index >= 15 is 0 Å². The van der Waals surface area contributed by atoms with Crippen LogP contribution < -0.4 is 0 Å². The van der Waals surface area contributed by atoms with Crippen molar-refractivity contribution in [2.75, 3.05) is 39.5 Å². The highest BCUT2D eigenvalue weighted by atomic mass is 16.5. The maximum Gasteiger partial charge on any atom is 0.305 e. The number of ether oxygens (including phenoxy) is 3. The summed E-state index contributed by atoms with van der Waals surface area (Å²) >= 11 is 0. The van der Waals surface area contributed by atoms with Crippen molar-refractivity contribution in [3.8, 4) is 0 Å². The summed E-state index contributed by atoms with van der Waals surface area (Å²) in [5.41, 5.74) is 0. The van der Waals surface area contributed by atoms with E-state index in [0.29, 0.717) is 38.9 Å². The second-order valence-electron chi connectivity index (χ2n) is 11.3. The smallest absolute Gasteiger partial charge is 0.305 e. The molecule has 0 atom stereocenters. The van der Waals surface area contributed by atoms with Gasteiger partial charge in [-0.3, -0.25) is 19.3 Å². The summed E-state index contributed by atoms with van der Waals surface area (Å²) in [5.74, 6) is -0.548. The molecule has 0 aromatic rings. The van der Waals surface area contributed by atoms with Crippen molar-refractivity contribution in [2.24, 2.45) is 0 Å². The zero-order chi connectivity index (χ0) is 31.6. The molecule has 0 rings (SSSR count). The molecule has 0 spiro atoms. The lowest BCUT2D eigenvalue weighted by molar-refractivity contribution is -0.144. The van der Waals surface area contributed by atoms with Gasteiger partial charge in [0.05, 0.1) is 0 Å². The molecule has 0 heterocycles. The summed E-state index contributed by atoms with van der Waals surface area (Å²) in [6.07, 6.45) is 26.2. The first kappa shape index (κ1) is 40.6. The van der Waals surface area contributed by atoms with E-state index in [1.807, 2.05) is 23.1 Å². The highest BCUT2D eigenvalue weighted by molar-refractivity contribution is 5.69. The van der Waals surface area contributed by atoms with E-state index in [0.717, 1.165) is 116 Å². The van der Waals surface area contributed by atoms with Crippen LogP contribution in [0.2, 0.25) is 0 Å². The summed E-state index contributed by atoms with van der Waals surface area (Å²) in [4.78, 5) is 38.5. The molecule has 0 saturated carbocycles. The molecule has 0 amide bonds. The molecule has 43 heavy (non-hydrogen) atoms. The Morgan fingerprint density at radius 2 is 0.674 bits per heavy atom. The Hall–Kier alpha value is -2.41. The van der Waals surface area contributed by atoms with Gasteiger partial charge in [0.1, 0.15) is 19.8 Å². The van der Waals surface area contributed by atoms with Gasteiger partial charge in [-0.05, 0) is 57.8 Å². The highest BCUT2D eigenvalue weighted by Crippen LogP contribution is 2.10. The fourth-order valence-corrected chi connectivity index (χ4v) is 4.68. The van der Waals surface area contributed by atoms with Crippen molar-refractivity contribution in [1.29, 1.82) is 0 Å². The molecule has 0 saturated heterocycles. The van der Waals surface area contributed by atoms with Crippen LogP contribution in [0.4, 0.5) is 0 Å². The van der Waals surface area contributed by atoms with E-state index < -0.39 is 0 Å². The highest BCUT2D eigenvalue weighted by Gasteiger charge is 2.11. The number of carbonyl (C=O) groups is 3. The van der Waals surface area contributed by atoms with E-state index in [9.17, 15) is 14.4 Å². The van der Waals surface area contributed by atoms with Crippen molar-refractivity contribution in [3.05, 3.63) is 38.0 Å². The number of esters is 3. The SMILES string of the molecule is C=CCCCCCCCC(=O)OCCN(CCOC(=O)CCCCCCCC=C)CCOC(=O)CCCCCCCC=C. The van der Waals surface area contributed by atoms with Gasteiger partial charge >= 0.3 is 17.9 Å². The van der Waals surface area contributed by atoms with Gasteiger partial charge in [0.15, 0.2) is 0 Å². The third kappa shape index (κ3) is 30.8. The van der Waals surface area contributed by atoms with Gasteiger partial charge in [-0.1, -0.05) is 76.0 Å². The topological polar surface area (TPSA) is 82.1 Å². The molecular weight excluding hydrogens is 542 g/mol. The summed E-state index contributed by atoms with van der Waals surface area (Å²) < 4.78 is 16.4. The largest absolute Gasteiger partial charge is 0.464 e. The number of rotatable bonds is 33. The molecule has 0 aliphatic heterocycles. The number of nitrogens with zero attached hydrogens (tertiary/aromatic N) is 1. The van der Waals surface area contributed by atoms with Crippen LogP contribution in [0.25, 0.3) is 0 Å². The van der Waals surface area contributed by atoms with Gasteiger partial charge in [0.2, 0.25) is 0 Å². The van der Waals surface area contributed by atoms with Crippen LogP contribution in [0.3, 0.4) is 0 Å².